The molecule has 2 unspecified atom stereocenters. The summed E-state index contributed by atoms with van der Waals surface area (Å²) in [6.45, 7) is 0.520. The first kappa shape index (κ1) is 12.8. The van der Waals surface area contributed by atoms with Crippen LogP contribution in [0.4, 0.5) is 8.78 Å². The van der Waals surface area contributed by atoms with Crippen molar-refractivity contribution in [1.82, 2.24) is 4.90 Å². The van der Waals surface area contributed by atoms with Gasteiger partial charge in [-0.1, -0.05) is 0 Å². The summed E-state index contributed by atoms with van der Waals surface area (Å²) in [4.78, 5) is 12.9. The molecule has 0 aliphatic carbocycles. The molecule has 1 aromatic carbocycles. The van der Waals surface area contributed by atoms with Gasteiger partial charge in [0.2, 0.25) is 5.91 Å². The van der Waals surface area contributed by atoms with Gasteiger partial charge in [-0.25, -0.2) is 8.78 Å². The van der Waals surface area contributed by atoms with Crippen LogP contribution >= 0.6 is 0 Å². The molecular formula is C12H14F2N2O2. The molecule has 2 rings (SSSR count). The van der Waals surface area contributed by atoms with Gasteiger partial charge in [0, 0.05) is 19.0 Å². The third-order valence-electron chi connectivity index (χ3n) is 3.03. The van der Waals surface area contributed by atoms with E-state index >= 15 is 0 Å². The fourth-order valence-corrected chi connectivity index (χ4v) is 2.11. The smallest absolute Gasteiger partial charge is 0.234 e. The number of likely N-dealkylation sites (tertiary alicyclic amines) is 1. The summed E-state index contributed by atoms with van der Waals surface area (Å²) in [5.74, 6) is -2.03. The molecule has 1 aromatic rings. The number of carbonyl (C=O) groups excluding carboxylic acids is 1. The van der Waals surface area contributed by atoms with Crippen molar-refractivity contribution in [3.05, 3.63) is 29.8 Å². The van der Waals surface area contributed by atoms with Crippen LogP contribution in [-0.2, 0) is 4.79 Å². The third kappa shape index (κ3) is 2.59. The summed E-state index contributed by atoms with van der Waals surface area (Å²) < 4.78 is 31.2. The van der Waals surface area contributed by atoms with Crippen LogP contribution in [0.3, 0.4) is 0 Å². The monoisotopic (exact) mass is 256 g/mol. The summed E-state index contributed by atoms with van der Waals surface area (Å²) >= 11 is 0. The normalized spacial score (nSPS) is 24.2. The van der Waals surface area contributed by atoms with E-state index in [1.165, 1.54) is 6.07 Å². The Bertz CT molecular complexity index is 467. The van der Waals surface area contributed by atoms with Crippen molar-refractivity contribution in [3.63, 3.8) is 0 Å². The van der Waals surface area contributed by atoms with Gasteiger partial charge in [0.05, 0.1) is 6.04 Å². The number of primary amides is 1. The molecule has 0 radical (unpaired) electrons. The number of carbonyl (C=O) groups is 1. The minimum Gasteiger partial charge on any atom is -0.489 e. The number of ether oxygens (including phenoxy) is 1. The molecule has 2 atom stereocenters. The summed E-state index contributed by atoms with van der Waals surface area (Å²) in [7, 11) is 1.77. The Kier molecular flexibility index (Phi) is 3.47. The highest BCUT2D eigenvalue weighted by atomic mass is 19.2. The Morgan fingerprint density at radius 2 is 2.17 bits per heavy atom. The van der Waals surface area contributed by atoms with E-state index in [9.17, 15) is 13.6 Å². The van der Waals surface area contributed by atoms with E-state index in [1.54, 1.807) is 11.9 Å². The summed E-state index contributed by atoms with van der Waals surface area (Å²) in [6, 6.07) is 2.98. The first-order valence-electron chi connectivity index (χ1n) is 5.58. The number of hydrogen-bond donors (Lipinski definition) is 1. The van der Waals surface area contributed by atoms with E-state index < -0.39 is 17.5 Å². The lowest BCUT2D eigenvalue weighted by Gasteiger charge is -2.14. The van der Waals surface area contributed by atoms with Crippen molar-refractivity contribution in [1.29, 1.82) is 0 Å². The number of likely N-dealkylation sites (N-methyl/N-ethyl adjacent to an activating group) is 1. The maximum absolute atomic E-state index is 13.0. The van der Waals surface area contributed by atoms with Gasteiger partial charge in [-0.05, 0) is 19.2 Å². The van der Waals surface area contributed by atoms with Gasteiger partial charge < -0.3 is 10.5 Å². The zero-order valence-corrected chi connectivity index (χ0v) is 9.90. The predicted molar refractivity (Wildman–Crippen MR) is 61.0 cm³/mol. The van der Waals surface area contributed by atoms with Crippen molar-refractivity contribution in [2.45, 2.75) is 18.6 Å². The van der Waals surface area contributed by atoms with Crippen LogP contribution in [0.15, 0.2) is 18.2 Å². The van der Waals surface area contributed by atoms with Crippen LogP contribution in [0.2, 0.25) is 0 Å². The number of rotatable bonds is 3. The molecule has 0 spiro atoms. The first-order valence-corrected chi connectivity index (χ1v) is 5.58. The van der Waals surface area contributed by atoms with E-state index in [0.717, 1.165) is 12.1 Å². The molecule has 1 amide bonds. The summed E-state index contributed by atoms with van der Waals surface area (Å²) in [6.07, 6.45) is 0.197. The molecule has 1 aliphatic heterocycles. The molecule has 0 saturated carbocycles. The fraction of sp³-hybridized carbons (Fsp3) is 0.417. The molecule has 18 heavy (non-hydrogen) atoms. The minimum absolute atomic E-state index is 0.248. The molecule has 1 fully saturated rings. The van der Waals surface area contributed by atoms with E-state index in [1.807, 2.05) is 0 Å². The van der Waals surface area contributed by atoms with Crippen LogP contribution in [0.1, 0.15) is 6.42 Å². The van der Waals surface area contributed by atoms with Crippen molar-refractivity contribution >= 4 is 5.91 Å². The van der Waals surface area contributed by atoms with Crippen LogP contribution in [-0.4, -0.2) is 36.5 Å². The number of benzene rings is 1. The van der Waals surface area contributed by atoms with Gasteiger partial charge in [-0.3, -0.25) is 9.69 Å². The number of amides is 1. The second-order valence-electron chi connectivity index (χ2n) is 4.41. The fourth-order valence-electron chi connectivity index (χ4n) is 2.11. The quantitative estimate of drug-likeness (QED) is 0.874. The van der Waals surface area contributed by atoms with Crippen LogP contribution in [0, 0.1) is 11.6 Å². The molecule has 1 aliphatic rings. The highest BCUT2D eigenvalue weighted by Crippen LogP contribution is 2.23. The Hall–Kier alpha value is -1.69. The van der Waals surface area contributed by atoms with E-state index in [2.05, 4.69) is 0 Å². The minimum atomic E-state index is -0.953. The second kappa shape index (κ2) is 4.89. The largest absolute Gasteiger partial charge is 0.489 e. The zero-order chi connectivity index (χ0) is 13.3. The highest BCUT2D eigenvalue weighted by Gasteiger charge is 2.34. The molecule has 98 valence electrons. The van der Waals surface area contributed by atoms with Gasteiger partial charge in [0.25, 0.3) is 0 Å². The first-order chi connectivity index (χ1) is 8.47. The topological polar surface area (TPSA) is 55.6 Å². The maximum atomic E-state index is 13.0. The Morgan fingerprint density at radius 3 is 2.72 bits per heavy atom. The number of hydrogen-bond acceptors (Lipinski definition) is 3. The Balaban J connectivity index is 2.03. The van der Waals surface area contributed by atoms with E-state index in [0.29, 0.717) is 13.0 Å². The molecule has 0 bridgehead atoms. The van der Waals surface area contributed by atoms with Gasteiger partial charge in [0.15, 0.2) is 11.6 Å². The molecule has 6 heteroatoms. The average molecular weight is 256 g/mol. The van der Waals surface area contributed by atoms with Crippen LogP contribution in [0.25, 0.3) is 0 Å². The standard InChI is InChI=1S/C12H14F2N2O2/c1-16-6-8(5-11(16)12(15)17)18-7-2-3-9(13)10(14)4-7/h2-4,8,11H,5-6H2,1H3,(H2,15,17). The summed E-state index contributed by atoms with van der Waals surface area (Å²) in [5, 5.41) is 0. The number of nitrogens with two attached hydrogens (primary N) is 1. The van der Waals surface area contributed by atoms with Gasteiger partial charge in [-0.2, -0.15) is 0 Å². The van der Waals surface area contributed by atoms with Crippen molar-refractivity contribution < 1.29 is 18.3 Å². The molecular weight excluding hydrogens is 242 g/mol. The van der Waals surface area contributed by atoms with E-state index in [4.69, 9.17) is 10.5 Å². The average Bonchev–Trinajstić information content (AvgIpc) is 2.65. The van der Waals surface area contributed by atoms with Crippen molar-refractivity contribution in [2.24, 2.45) is 5.73 Å². The number of halogens is 2. The lowest BCUT2D eigenvalue weighted by atomic mass is 10.2. The van der Waals surface area contributed by atoms with Crippen LogP contribution < -0.4 is 10.5 Å². The Morgan fingerprint density at radius 1 is 1.44 bits per heavy atom. The highest BCUT2D eigenvalue weighted by molar-refractivity contribution is 5.80. The molecule has 4 nitrogen and oxygen atoms in total. The van der Waals surface area contributed by atoms with Gasteiger partial charge in [0.1, 0.15) is 11.9 Å². The lowest BCUT2D eigenvalue weighted by Crippen LogP contribution is -2.37. The molecule has 1 heterocycles. The summed E-state index contributed by atoms with van der Waals surface area (Å²) in [5.41, 5.74) is 5.24. The second-order valence-corrected chi connectivity index (χ2v) is 4.41. The third-order valence-corrected chi connectivity index (χ3v) is 3.03. The molecule has 2 N–H and O–H groups in total. The zero-order valence-electron chi connectivity index (χ0n) is 9.90. The number of nitrogens with zero attached hydrogens (tertiary/aromatic N) is 1. The van der Waals surface area contributed by atoms with Crippen molar-refractivity contribution in [2.75, 3.05) is 13.6 Å². The SMILES string of the molecule is CN1CC(Oc2ccc(F)c(F)c2)CC1C(N)=O. The van der Waals surface area contributed by atoms with Gasteiger partial charge >= 0.3 is 0 Å². The molecule has 0 aromatic heterocycles. The van der Waals surface area contributed by atoms with E-state index in [-0.39, 0.29) is 17.9 Å². The predicted octanol–water partition coefficient (Wildman–Crippen LogP) is 0.902. The molecule has 1 saturated heterocycles. The van der Waals surface area contributed by atoms with Gasteiger partial charge in [-0.15, -0.1) is 0 Å². The van der Waals surface area contributed by atoms with Crippen molar-refractivity contribution in [3.8, 4) is 5.75 Å². The lowest BCUT2D eigenvalue weighted by molar-refractivity contribution is -0.121. The maximum Gasteiger partial charge on any atom is 0.234 e. The Labute approximate surface area is 103 Å². The van der Waals surface area contributed by atoms with Crippen LogP contribution in [0.5, 0.6) is 5.75 Å².